The minimum atomic E-state index is 0.251. The van der Waals surface area contributed by atoms with Crippen LogP contribution in [0.5, 0.6) is 0 Å². The molecule has 0 aromatic carbocycles. The molecule has 0 radical (unpaired) electrons. The van der Waals surface area contributed by atoms with Gasteiger partial charge in [0.05, 0.1) is 5.39 Å². The Morgan fingerprint density at radius 3 is 2.65 bits per heavy atom. The molecule has 108 valence electrons. The molecule has 0 spiro atoms. The van der Waals surface area contributed by atoms with E-state index in [0.29, 0.717) is 5.95 Å². The molecule has 0 atom stereocenters. The van der Waals surface area contributed by atoms with E-state index in [1.165, 1.54) is 29.5 Å². The van der Waals surface area contributed by atoms with E-state index in [4.69, 9.17) is 0 Å². The van der Waals surface area contributed by atoms with E-state index in [9.17, 15) is 0 Å². The maximum atomic E-state index is 4.66. The van der Waals surface area contributed by atoms with Crippen molar-refractivity contribution < 1.29 is 0 Å². The van der Waals surface area contributed by atoms with Gasteiger partial charge in [-0.05, 0) is 38.2 Å². The Morgan fingerprint density at radius 1 is 1.30 bits per heavy atom. The molecule has 0 amide bonds. The first-order valence-corrected chi connectivity index (χ1v) is 8.27. The van der Waals surface area contributed by atoms with Crippen LogP contribution in [0.4, 0.5) is 11.8 Å². The maximum absolute atomic E-state index is 4.66. The molecule has 0 aliphatic heterocycles. The van der Waals surface area contributed by atoms with Crippen LogP contribution in [0.2, 0.25) is 0 Å². The summed E-state index contributed by atoms with van der Waals surface area (Å²) in [5, 5.41) is 7.96. The zero-order valence-corrected chi connectivity index (χ0v) is 13.2. The summed E-state index contributed by atoms with van der Waals surface area (Å²) in [6.07, 6.45) is 6.01. The summed E-state index contributed by atoms with van der Waals surface area (Å²) in [5.74, 6) is 1.70. The third-order valence-electron chi connectivity index (χ3n) is 4.39. The third-order valence-corrected chi connectivity index (χ3v) is 5.56. The SMILES string of the molecule is CCc1cc2c(NC3(CC)CCC3)nc(NC)nc2s1. The van der Waals surface area contributed by atoms with Gasteiger partial charge in [-0.3, -0.25) is 0 Å². The van der Waals surface area contributed by atoms with E-state index >= 15 is 0 Å². The molecular formula is C15H22N4S. The molecule has 0 bridgehead atoms. The second kappa shape index (κ2) is 5.20. The molecule has 0 saturated heterocycles. The van der Waals surface area contributed by atoms with Crippen LogP contribution in [0.25, 0.3) is 10.2 Å². The molecule has 3 rings (SSSR count). The van der Waals surface area contributed by atoms with Crippen molar-refractivity contribution in [3.63, 3.8) is 0 Å². The molecule has 4 nitrogen and oxygen atoms in total. The van der Waals surface area contributed by atoms with Crippen LogP contribution in [0.1, 0.15) is 44.4 Å². The summed E-state index contributed by atoms with van der Waals surface area (Å²) < 4.78 is 0. The van der Waals surface area contributed by atoms with Crippen LogP contribution in [0.3, 0.4) is 0 Å². The molecule has 1 aliphatic carbocycles. The van der Waals surface area contributed by atoms with Crippen molar-refractivity contribution in [2.75, 3.05) is 17.7 Å². The second-order valence-corrected chi connectivity index (χ2v) is 6.66. The lowest BCUT2D eigenvalue weighted by atomic mass is 9.75. The van der Waals surface area contributed by atoms with Crippen molar-refractivity contribution >= 4 is 33.3 Å². The van der Waals surface area contributed by atoms with Gasteiger partial charge in [-0.15, -0.1) is 11.3 Å². The Hall–Kier alpha value is -1.36. The lowest BCUT2D eigenvalue weighted by Crippen LogP contribution is -2.44. The summed E-state index contributed by atoms with van der Waals surface area (Å²) in [5.41, 5.74) is 0.251. The lowest BCUT2D eigenvalue weighted by molar-refractivity contribution is 0.269. The quantitative estimate of drug-likeness (QED) is 0.872. The van der Waals surface area contributed by atoms with Gasteiger partial charge in [-0.1, -0.05) is 13.8 Å². The van der Waals surface area contributed by atoms with Gasteiger partial charge in [-0.2, -0.15) is 4.98 Å². The fourth-order valence-corrected chi connectivity index (χ4v) is 3.74. The number of nitrogens with one attached hydrogen (secondary N) is 2. The number of anilines is 2. The molecule has 2 aromatic rings. The fraction of sp³-hybridized carbons (Fsp3) is 0.600. The molecular weight excluding hydrogens is 268 g/mol. The smallest absolute Gasteiger partial charge is 0.225 e. The fourth-order valence-electron chi connectivity index (χ4n) is 2.77. The molecule has 1 fully saturated rings. The Balaban J connectivity index is 2.05. The third kappa shape index (κ3) is 2.24. The highest BCUT2D eigenvalue weighted by atomic mass is 32.1. The van der Waals surface area contributed by atoms with E-state index in [1.54, 1.807) is 11.3 Å². The van der Waals surface area contributed by atoms with Gasteiger partial charge in [0.2, 0.25) is 5.95 Å². The minimum absolute atomic E-state index is 0.251. The first-order valence-electron chi connectivity index (χ1n) is 7.46. The highest BCUT2D eigenvalue weighted by Gasteiger charge is 2.35. The van der Waals surface area contributed by atoms with Crippen LogP contribution in [-0.4, -0.2) is 22.6 Å². The number of aromatic nitrogens is 2. The lowest BCUT2D eigenvalue weighted by Gasteiger charge is -2.42. The largest absolute Gasteiger partial charge is 0.364 e. The van der Waals surface area contributed by atoms with Gasteiger partial charge in [0.25, 0.3) is 0 Å². The summed E-state index contributed by atoms with van der Waals surface area (Å²) in [6, 6.07) is 2.24. The van der Waals surface area contributed by atoms with Crippen LogP contribution >= 0.6 is 11.3 Å². The molecule has 1 saturated carbocycles. The molecule has 5 heteroatoms. The van der Waals surface area contributed by atoms with Crippen molar-refractivity contribution in [2.24, 2.45) is 0 Å². The molecule has 1 aliphatic rings. The monoisotopic (exact) mass is 290 g/mol. The van der Waals surface area contributed by atoms with Gasteiger partial charge in [0.15, 0.2) is 0 Å². The Bertz CT molecular complexity index is 610. The number of nitrogens with zero attached hydrogens (tertiary/aromatic N) is 2. The zero-order chi connectivity index (χ0) is 14.2. The Labute approximate surface area is 124 Å². The zero-order valence-electron chi connectivity index (χ0n) is 12.4. The molecule has 2 aromatic heterocycles. The standard InChI is InChI=1S/C15H22N4S/c1-4-10-9-11-12(19-15(5-2)7-6-8-15)17-14(16-3)18-13(11)20-10/h9H,4-8H2,1-3H3,(H2,16,17,18,19). The van der Waals surface area contributed by atoms with Gasteiger partial charge in [0.1, 0.15) is 10.6 Å². The highest BCUT2D eigenvalue weighted by Crippen LogP contribution is 2.40. The van der Waals surface area contributed by atoms with Crippen molar-refractivity contribution in [2.45, 2.75) is 51.5 Å². The summed E-state index contributed by atoms with van der Waals surface area (Å²) in [7, 11) is 1.87. The van der Waals surface area contributed by atoms with Gasteiger partial charge >= 0.3 is 0 Å². The van der Waals surface area contributed by atoms with Crippen molar-refractivity contribution in [3.05, 3.63) is 10.9 Å². The summed E-state index contributed by atoms with van der Waals surface area (Å²) in [6.45, 7) is 4.44. The van der Waals surface area contributed by atoms with Gasteiger partial charge < -0.3 is 10.6 Å². The maximum Gasteiger partial charge on any atom is 0.225 e. The Kier molecular flexibility index (Phi) is 3.54. The minimum Gasteiger partial charge on any atom is -0.364 e. The topological polar surface area (TPSA) is 49.8 Å². The van der Waals surface area contributed by atoms with Crippen molar-refractivity contribution in [1.82, 2.24) is 9.97 Å². The van der Waals surface area contributed by atoms with E-state index in [-0.39, 0.29) is 5.54 Å². The molecule has 0 unspecified atom stereocenters. The molecule has 2 heterocycles. The van der Waals surface area contributed by atoms with E-state index in [1.807, 2.05) is 7.05 Å². The first-order chi connectivity index (χ1) is 9.69. The summed E-state index contributed by atoms with van der Waals surface area (Å²) in [4.78, 5) is 11.7. The average Bonchev–Trinajstić information content (AvgIpc) is 2.85. The van der Waals surface area contributed by atoms with Crippen LogP contribution in [0.15, 0.2) is 6.07 Å². The number of aryl methyl sites for hydroxylation is 1. The first kappa shape index (κ1) is 13.6. The van der Waals surface area contributed by atoms with Crippen molar-refractivity contribution in [1.29, 1.82) is 0 Å². The normalized spacial score (nSPS) is 16.9. The average molecular weight is 290 g/mol. The summed E-state index contributed by atoms with van der Waals surface area (Å²) >= 11 is 1.77. The number of rotatable bonds is 5. The van der Waals surface area contributed by atoms with Crippen LogP contribution in [0, 0.1) is 0 Å². The van der Waals surface area contributed by atoms with Gasteiger partial charge in [-0.25, -0.2) is 4.98 Å². The van der Waals surface area contributed by atoms with Crippen LogP contribution < -0.4 is 10.6 Å². The number of thiophene rings is 1. The molecule has 2 N–H and O–H groups in total. The van der Waals surface area contributed by atoms with Crippen LogP contribution in [-0.2, 0) is 6.42 Å². The van der Waals surface area contributed by atoms with Crippen molar-refractivity contribution in [3.8, 4) is 0 Å². The van der Waals surface area contributed by atoms with Gasteiger partial charge in [0, 0.05) is 17.5 Å². The number of fused-ring (bicyclic) bond motifs is 1. The van der Waals surface area contributed by atoms with E-state index in [0.717, 1.165) is 23.5 Å². The predicted octanol–water partition coefficient (Wildman–Crippen LogP) is 4.04. The Morgan fingerprint density at radius 2 is 2.10 bits per heavy atom. The van der Waals surface area contributed by atoms with E-state index < -0.39 is 0 Å². The van der Waals surface area contributed by atoms with E-state index in [2.05, 4.69) is 40.5 Å². The predicted molar refractivity (Wildman–Crippen MR) is 86.8 cm³/mol. The highest BCUT2D eigenvalue weighted by molar-refractivity contribution is 7.18. The number of hydrogen-bond donors (Lipinski definition) is 2. The second-order valence-electron chi connectivity index (χ2n) is 5.54. The molecule has 20 heavy (non-hydrogen) atoms. The number of hydrogen-bond acceptors (Lipinski definition) is 5.